The van der Waals surface area contributed by atoms with Crippen LogP contribution < -0.4 is 43.1 Å². The number of aromatic amines is 1. The van der Waals surface area contributed by atoms with Crippen molar-refractivity contribution in [1.82, 2.24) is 51.4 Å². The van der Waals surface area contributed by atoms with Crippen molar-refractivity contribution in [2.24, 2.45) is 53.3 Å². The number of aromatic nitrogens is 4. The molecule has 3 aromatic rings. The zero-order valence-electron chi connectivity index (χ0n) is 86.9. The maximum Gasteiger partial charge on any atom is 0.407 e. The number of aliphatic carboxylic acids is 2. The van der Waals surface area contributed by atoms with Crippen LogP contribution in [0.1, 0.15) is 207 Å². The predicted molar refractivity (Wildman–Crippen MR) is 558 cm³/mol. The Labute approximate surface area is 888 Å². The molecule has 44 nitrogen and oxygen atoms in total. The van der Waals surface area contributed by atoms with Gasteiger partial charge in [0.15, 0.2) is 34.0 Å². The number of nitrogens with one attached hydrogen (secondary N) is 8. The molecule has 5 heterocycles. The van der Waals surface area contributed by atoms with Crippen LogP contribution in [0.2, 0.25) is 0 Å². The number of hydrogen-bond donors (Lipinski definition) is 18. The minimum Gasteiger partial charge on any atom is -0.481 e. The van der Waals surface area contributed by atoms with Crippen LogP contribution in [0.4, 0.5) is 16.4 Å². The number of carbonyl (C=O) groups excluding carboxylic acids is 13. The van der Waals surface area contributed by atoms with Crippen molar-refractivity contribution in [1.29, 1.82) is 5.41 Å². The summed E-state index contributed by atoms with van der Waals surface area (Å²) in [6.07, 6.45) is 2.56. The Hall–Kier alpha value is -10.2. The second kappa shape index (κ2) is 64.7. The third-order valence-electron chi connectivity index (χ3n) is 27.0. The number of nitrogens with zero attached hydrogens (tertiary/aromatic N) is 4. The lowest BCUT2D eigenvalue weighted by Gasteiger charge is -2.42. The van der Waals surface area contributed by atoms with Gasteiger partial charge in [-0.05, 0) is 156 Å². The molecule has 2 bridgehead atoms. The highest BCUT2D eigenvalue weighted by Crippen LogP contribution is 2.40. The highest BCUT2D eigenvalue weighted by molar-refractivity contribution is 8.77. The largest absolute Gasteiger partial charge is 0.481 e. The zero-order valence-corrected chi connectivity index (χ0v) is 90.2. The van der Waals surface area contributed by atoms with Crippen LogP contribution in [0.3, 0.4) is 0 Å². The van der Waals surface area contributed by atoms with E-state index in [9.17, 15) is 113 Å². The first-order chi connectivity index (χ1) is 71.2. The van der Waals surface area contributed by atoms with E-state index in [0.717, 1.165) is 32.1 Å². The van der Waals surface area contributed by atoms with Crippen LogP contribution in [-0.4, -0.2) is 334 Å². The molecule has 150 heavy (non-hydrogen) atoms. The third-order valence-corrected chi connectivity index (χ3v) is 32.0. The van der Waals surface area contributed by atoms with Crippen LogP contribution in [0.5, 0.6) is 0 Å². The van der Waals surface area contributed by atoms with Crippen LogP contribution in [0.15, 0.2) is 78.1 Å². The molecule has 1 aromatic carbocycles. The SMILES string of the molecule is CO[C@H]1C[C@@H]2CC[C@@H](C)[C@@](O)(O2)C(=O)C(=O)N2CCCC[C@H]2C(=O)O[C@H]([C@H](C)C[C@@H]2CC[C@@H](OCCOC(=O)CCCSSCCC(=O)NC[C@H](NC(=O)[C@@H](C)CCC(=O)NC[C@H](O)[C@@H](O)[C@H](O)[C@H](O)CO)C(=O)C[C@@H](CSSCCOC(=O)NCC(=O)CC[C@H](NC(=O)c3ccc(NCc4cnc5nc(N)[nH]c(=N)c5n4)cc3)C(=O)O)C(=O)O)[C@H](C)C2)CC(=O)[C@H](C)/C=C(\C)[C@@H](O)[C@@H](OC)C(=O)[C@H](C)C[C@H](C)/C=C/C=C/C=C/1C. The first kappa shape index (κ1) is 127. The number of anilines is 2. The predicted octanol–water partition coefficient (Wildman–Crippen LogP) is 5.83. The topological polar surface area (TPSA) is 682 Å². The summed E-state index contributed by atoms with van der Waals surface area (Å²) in [5.74, 6) is -17.7. The average molecular weight is 2180 g/mol. The number of nitrogen functional groups attached to an aromatic ring is 1. The molecular formula is C102H151N13O31S4. The van der Waals surface area contributed by atoms with Gasteiger partial charge in [-0.3, -0.25) is 62.9 Å². The Balaban J connectivity index is 0.843. The summed E-state index contributed by atoms with van der Waals surface area (Å²) < 4.78 is 41.1. The molecule has 834 valence electrons. The van der Waals surface area contributed by atoms with Gasteiger partial charge in [-0.15, -0.1) is 0 Å². The molecule has 48 heteroatoms. The third kappa shape index (κ3) is 41.7. The fourth-order valence-corrected chi connectivity index (χ4v) is 22.0. The first-order valence-corrected chi connectivity index (χ1v) is 55.7. The highest BCUT2D eigenvalue weighted by atomic mass is 33.1. The van der Waals surface area contributed by atoms with Gasteiger partial charge >= 0.3 is 30.0 Å². The molecule has 0 spiro atoms. The molecular weight excluding hydrogens is 2030 g/mol. The van der Waals surface area contributed by atoms with Gasteiger partial charge in [0.05, 0.1) is 68.5 Å². The highest BCUT2D eigenvalue weighted by Gasteiger charge is 2.54. The first-order valence-electron chi connectivity index (χ1n) is 50.8. The van der Waals surface area contributed by atoms with Gasteiger partial charge < -0.3 is 127 Å². The Morgan fingerprint density at radius 2 is 1.44 bits per heavy atom. The number of fused-ring (bicyclic) bond motifs is 4. The summed E-state index contributed by atoms with van der Waals surface area (Å²) in [5, 5.41) is 116. The second-order valence-electron chi connectivity index (χ2n) is 39.0. The number of allylic oxidation sites excluding steroid dienone is 6. The maximum atomic E-state index is 14.8. The number of carboxylic acid groups (broad SMARTS) is 2. The van der Waals surface area contributed by atoms with Gasteiger partial charge in [-0.2, -0.15) is 4.98 Å². The number of aliphatic hydroxyl groups excluding tert-OH is 6. The number of alkyl carbamates (subject to hydrolysis) is 1. The number of methoxy groups -OCH3 is 2. The summed E-state index contributed by atoms with van der Waals surface area (Å²) in [7, 11) is 7.72. The van der Waals surface area contributed by atoms with Crippen LogP contribution >= 0.6 is 43.2 Å². The maximum absolute atomic E-state index is 14.8. The standard InChI is InChI=1S/C102H151N13O31S4/c1-56-18-13-12-14-19-57(2)80(140-10)47-71-30-23-64(9)102(139,146-71)91(129)96(132)115-35-16-15-20-74(115)99(137)145-81(48-75(118)59(4)43-63(8)87(126)90(141-11)86(125)62(7)42-56)61(6)45-65-24-32-79(60(5)44-65)142-36-37-143-84(124)21-17-39-147-148-40-34-83(123)106-52-73(112-94(130)58(3)22-33-82(122)107-53-77(120)88(127)89(128)78(121)54-116)76(119)46-67(97(133)134)55-150-149-41-38-144-101(138)109-51-70(117)29-31-72(98(135)136)111-95(131)66-25-27-68(28-26-66)105-49-69-50-108-93-85(110-69)92(103)113-100(104)114-93/h12-14,18-19,25-28,43,50,56,58-62,64-65,67,71-74,77-81,87-90,105,116,120-121,126-128,139H,15-17,20-24,29-42,44-49,51-55H2,1-11H3,(H,106,123)(H,107,122)(H,109,138)(H,111,131)(H,112,130)(H,133,134)(H,135,136)(H4,103,104,108,113,114)/b14-12+,18-13+,57-19+,63-43+/t56-,58+,59-,60-,61-,62-,64-,65-,67+,71+,72+,73+,74+,77+,78-,79-,80+,81+,87-,88-,89-,90+,102-/m1/s1. The van der Waals surface area contributed by atoms with Crippen LogP contribution in [0, 0.1) is 58.7 Å². The quantitative estimate of drug-likeness (QED) is 0.00789. The van der Waals surface area contributed by atoms with Crippen LogP contribution in [0.25, 0.3) is 11.2 Å². The lowest BCUT2D eigenvalue weighted by atomic mass is 9.75. The number of Topliss-reactive ketones (excluding diaryl/α,β-unsaturated/α-hetero) is 5. The molecule has 7 rings (SSSR count). The Bertz CT molecular complexity index is 5190. The van der Waals surface area contributed by atoms with Crippen molar-refractivity contribution < 1.29 is 151 Å². The number of rotatable bonds is 51. The number of benzene rings is 1. The van der Waals surface area contributed by atoms with Crippen molar-refractivity contribution in [2.75, 3.05) is 101 Å². The number of esters is 2. The number of nitrogens with two attached hydrogens (primary N) is 1. The molecule has 1 saturated carbocycles. The number of cyclic esters (lactones) is 1. The fraction of sp³-hybridized carbons (Fsp3) is 0.657. The molecule has 19 N–H and O–H groups in total. The van der Waals surface area contributed by atoms with E-state index >= 15 is 0 Å². The molecule has 6 amide bonds. The second-order valence-corrected chi connectivity index (χ2v) is 44.3. The Kier molecular flexibility index (Phi) is 54.7. The number of ether oxygens (including phenoxy) is 7. The molecule has 3 aliphatic heterocycles. The molecule has 4 aliphatic rings. The summed E-state index contributed by atoms with van der Waals surface area (Å²) in [6, 6.07) is 1.85. The summed E-state index contributed by atoms with van der Waals surface area (Å²) in [5.41, 5.74) is 8.30. The van der Waals surface area contributed by atoms with Gasteiger partial charge in [0, 0.05) is 137 Å². The van der Waals surface area contributed by atoms with Crippen molar-refractivity contribution in [2.45, 2.75) is 282 Å². The molecule has 23 atom stereocenters. The molecule has 2 aromatic heterocycles. The van der Waals surface area contributed by atoms with Crippen molar-refractivity contribution >= 4 is 154 Å². The zero-order chi connectivity index (χ0) is 111. The molecule has 0 radical (unpaired) electrons. The number of piperidine rings is 1. The molecule has 3 fully saturated rings. The minimum atomic E-state index is -2.51. The summed E-state index contributed by atoms with van der Waals surface area (Å²) in [4.78, 5) is 219. The molecule has 0 unspecified atom stereocenters. The monoisotopic (exact) mass is 2180 g/mol. The van der Waals surface area contributed by atoms with E-state index in [1.54, 1.807) is 53.0 Å². The minimum absolute atomic E-state index is 0.0123. The lowest BCUT2D eigenvalue weighted by Crippen LogP contribution is -2.61. The van der Waals surface area contributed by atoms with Gasteiger partial charge in [0.2, 0.25) is 29.5 Å². The lowest BCUT2D eigenvalue weighted by molar-refractivity contribution is -0.265. The number of aliphatic hydroxyl groups is 7. The van der Waals surface area contributed by atoms with E-state index in [1.807, 2.05) is 51.2 Å². The molecule has 2 saturated heterocycles. The normalized spacial score (nSPS) is 25.5. The van der Waals surface area contributed by atoms with E-state index in [0.29, 0.717) is 86.9 Å². The Morgan fingerprint density at radius 3 is 2.14 bits per heavy atom. The number of amides is 6. The van der Waals surface area contributed by atoms with Crippen molar-refractivity contribution in [3.05, 3.63) is 94.8 Å². The number of H-pyrrole nitrogens is 1. The van der Waals surface area contributed by atoms with E-state index in [2.05, 4.69) is 58.8 Å². The number of carbonyl (C=O) groups is 15. The Morgan fingerprint density at radius 1 is 0.733 bits per heavy atom. The summed E-state index contributed by atoms with van der Waals surface area (Å²) >= 11 is 0. The van der Waals surface area contributed by atoms with Gasteiger partial charge in [-0.25, -0.2) is 24.4 Å². The number of carboxylic acids is 2. The van der Waals surface area contributed by atoms with Gasteiger partial charge in [0.25, 0.3) is 17.6 Å². The number of hydrogen-bond acceptors (Lipinski definition) is 39. The van der Waals surface area contributed by atoms with E-state index in [4.69, 9.17) is 49.4 Å². The molecule has 1 aliphatic carbocycles. The van der Waals surface area contributed by atoms with Crippen molar-refractivity contribution in [3.63, 3.8) is 0 Å². The van der Waals surface area contributed by atoms with Gasteiger partial charge in [0.1, 0.15) is 73.7 Å². The smallest absolute Gasteiger partial charge is 0.407 e. The van der Waals surface area contributed by atoms with Crippen LogP contribution in [-0.2, 0) is 102 Å². The summed E-state index contributed by atoms with van der Waals surface area (Å²) in [6.45, 7) is 13.5. The average Bonchev–Trinajstić information content (AvgIpc) is 0.775. The fourth-order valence-electron chi connectivity index (χ4n) is 17.8. The van der Waals surface area contributed by atoms with Gasteiger partial charge in [-0.1, -0.05) is 128 Å². The van der Waals surface area contributed by atoms with E-state index in [-0.39, 0.29) is 172 Å². The van der Waals surface area contributed by atoms with E-state index < -0.39 is 224 Å². The van der Waals surface area contributed by atoms with Crippen molar-refractivity contribution in [3.8, 4) is 0 Å². The number of ketones is 5. The van der Waals surface area contributed by atoms with E-state index in [1.165, 1.54) is 54.0 Å².